The first-order valence-corrected chi connectivity index (χ1v) is 17.1. The van der Waals surface area contributed by atoms with E-state index in [1.165, 1.54) is 11.1 Å². The minimum Gasteiger partial charge on any atom is -0.496 e. The van der Waals surface area contributed by atoms with Gasteiger partial charge in [-0.05, 0) is 80.9 Å². The molecule has 1 amide bonds. The zero-order valence-corrected chi connectivity index (χ0v) is 28.6. The number of dihydropyridines is 1. The van der Waals surface area contributed by atoms with Gasteiger partial charge in [0.1, 0.15) is 11.5 Å². The molecule has 1 unspecified atom stereocenters. The Morgan fingerprint density at radius 1 is 1.13 bits per heavy atom. The molecule has 6 rings (SSSR count). The van der Waals surface area contributed by atoms with E-state index in [0.29, 0.717) is 47.2 Å². The Morgan fingerprint density at radius 3 is 2.57 bits per heavy atom. The Kier molecular flexibility index (Phi) is 10.4. The number of anilines is 1. The largest absolute Gasteiger partial charge is 0.496 e. The summed E-state index contributed by atoms with van der Waals surface area (Å²) in [4.78, 5) is 30.9. The van der Waals surface area contributed by atoms with Crippen LogP contribution in [0.15, 0.2) is 53.1 Å². The Morgan fingerprint density at radius 2 is 1.87 bits per heavy atom. The topological polar surface area (TPSA) is 92.4 Å². The minimum atomic E-state index is -0.313. The number of ether oxygens (including phenoxy) is 3. The molecule has 2 N–H and O–H groups in total. The van der Waals surface area contributed by atoms with Crippen molar-refractivity contribution in [3.05, 3.63) is 80.3 Å². The van der Waals surface area contributed by atoms with Gasteiger partial charge in [-0.1, -0.05) is 29.8 Å². The van der Waals surface area contributed by atoms with E-state index < -0.39 is 0 Å². The van der Waals surface area contributed by atoms with Crippen LogP contribution >= 0.6 is 11.6 Å². The van der Waals surface area contributed by atoms with Crippen molar-refractivity contribution in [2.24, 2.45) is 0 Å². The summed E-state index contributed by atoms with van der Waals surface area (Å²) in [7, 11) is 1.54. The maximum atomic E-state index is 14.2. The molecule has 0 spiro atoms. The molecule has 2 fully saturated rings. The van der Waals surface area contributed by atoms with Crippen LogP contribution < -0.4 is 15.5 Å². The summed E-state index contributed by atoms with van der Waals surface area (Å²) in [5, 5.41) is 6.47. The number of nitrogens with zero attached hydrogens (tertiary/aromatic N) is 2. The van der Waals surface area contributed by atoms with Crippen molar-refractivity contribution in [2.45, 2.75) is 58.5 Å². The molecule has 3 heterocycles. The highest BCUT2D eigenvalue weighted by Crippen LogP contribution is 2.43. The molecule has 1 aliphatic carbocycles. The number of morpholine rings is 1. The fraction of sp³-hybridized carbons (Fsp3) is 0.486. The van der Waals surface area contributed by atoms with Crippen molar-refractivity contribution in [1.29, 1.82) is 0 Å². The number of carbonyl (C=O) groups is 1. The average Bonchev–Trinajstić information content (AvgIpc) is 3.53. The lowest BCUT2D eigenvalue weighted by molar-refractivity contribution is 0.0164. The monoisotopic (exact) mass is 660 g/mol. The fourth-order valence-electron chi connectivity index (χ4n) is 7.58. The third-order valence-corrected chi connectivity index (χ3v) is 10.4. The molecule has 0 saturated carbocycles. The van der Waals surface area contributed by atoms with E-state index in [9.17, 15) is 9.59 Å². The van der Waals surface area contributed by atoms with Gasteiger partial charge in [-0.3, -0.25) is 9.69 Å². The summed E-state index contributed by atoms with van der Waals surface area (Å²) < 4.78 is 16.8. The van der Waals surface area contributed by atoms with Crippen LogP contribution in [0.4, 0.5) is 5.69 Å². The number of carbonyl (C=O) groups excluding carboxylic acids is 2. The number of hydrogen-bond acceptors (Lipinski definition) is 8. The molecule has 0 bridgehead atoms. The second-order valence-electron chi connectivity index (χ2n) is 12.7. The van der Waals surface area contributed by atoms with Crippen molar-refractivity contribution in [3.8, 4) is 11.1 Å². The molecule has 10 heteroatoms. The molecule has 250 valence electrons. The van der Waals surface area contributed by atoms with E-state index in [2.05, 4.69) is 51.6 Å². The molecule has 2 saturated heterocycles. The standard InChI is InChI=1S/C37H45ClN4O5/c1-5-42(27-10-14-46-15-11-27)33-20-29(26-6-8-28-25(19-26)7-9-32(28)41-12-16-47-17-13-41)36(38)35(24(33)3)37(44)39-21-30-31(22-43)40-23(2)18-34(30)45-4/h6,8,18-20,27,32,40H,5,7,9-17,21H2,1-4H3,(H,39,44). The van der Waals surface area contributed by atoms with E-state index >= 15 is 0 Å². The van der Waals surface area contributed by atoms with Crippen LogP contribution in [-0.4, -0.2) is 82.5 Å². The quantitative estimate of drug-likeness (QED) is 0.341. The van der Waals surface area contributed by atoms with Gasteiger partial charge in [0.15, 0.2) is 5.94 Å². The first-order chi connectivity index (χ1) is 22.8. The number of benzene rings is 2. The maximum absolute atomic E-state index is 14.2. The normalized spacial score (nSPS) is 20.3. The lowest BCUT2D eigenvalue weighted by Crippen LogP contribution is -2.40. The zero-order chi connectivity index (χ0) is 33.1. The van der Waals surface area contributed by atoms with Crippen LogP contribution in [0.25, 0.3) is 11.1 Å². The van der Waals surface area contributed by atoms with Crippen molar-refractivity contribution in [3.63, 3.8) is 0 Å². The highest BCUT2D eigenvalue weighted by molar-refractivity contribution is 6.37. The zero-order valence-electron chi connectivity index (χ0n) is 27.8. The van der Waals surface area contributed by atoms with Crippen molar-refractivity contribution in [2.75, 3.05) is 64.6 Å². The van der Waals surface area contributed by atoms with Gasteiger partial charge < -0.3 is 29.7 Å². The smallest absolute Gasteiger partial charge is 0.253 e. The summed E-state index contributed by atoms with van der Waals surface area (Å²) in [6.45, 7) is 11.7. The predicted octanol–water partition coefficient (Wildman–Crippen LogP) is 5.49. The van der Waals surface area contributed by atoms with Gasteiger partial charge in [0, 0.05) is 74.0 Å². The number of hydrogen-bond donors (Lipinski definition) is 2. The Labute approximate surface area is 282 Å². The number of allylic oxidation sites excluding steroid dienone is 2. The number of methoxy groups -OCH3 is 1. The summed E-state index contributed by atoms with van der Waals surface area (Å²) >= 11 is 7.26. The molecule has 0 radical (unpaired) electrons. The third kappa shape index (κ3) is 6.73. The summed E-state index contributed by atoms with van der Waals surface area (Å²) in [6, 6.07) is 9.54. The van der Waals surface area contributed by atoms with Gasteiger partial charge in [0.2, 0.25) is 0 Å². The molecule has 2 aromatic rings. The second kappa shape index (κ2) is 14.7. The summed E-state index contributed by atoms with van der Waals surface area (Å²) in [5.74, 6) is 2.14. The Hall–Kier alpha value is -3.59. The molecule has 3 aliphatic heterocycles. The average molecular weight is 661 g/mol. The molecule has 4 aliphatic rings. The number of rotatable bonds is 9. The number of halogens is 1. The summed E-state index contributed by atoms with van der Waals surface area (Å²) in [5.41, 5.74) is 8.32. The van der Waals surface area contributed by atoms with E-state index in [1.807, 2.05) is 19.8 Å². The summed E-state index contributed by atoms with van der Waals surface area (Å²) in [6.07, 6.45) is 5.73. The maximum Gasteiger partial charge on any atom is 0.253 e. The number of nitrogens with one attached hydrogen (secondary N) is 2. The Balaban J connectivity index is 1.39. The van der Waals surface area contributed by atoms with Crippen molar-refractivity contribution in [1.82, 2.24) is 15.5 Å². The lowest BCUT2D eigenvalue weighted by Gasteiger charge is -2.37. The Bertz CT molecular complexity index is 1630. The highest BCUT2D eigenvalue weighted by Gasteiger charge is 2.31. The van der Waals surface area contributed by atoms with Crippen LogP contribution in [0.1, 0.15) is 66.2 Å². The number of amides is 1. The lowest BCUT2D eigenvalue weighted by atomic mass is 9.93. The van der Waals surface area contributed by atoms with E-state index in [0.717, 1.165) is 86.6 Å². The van der Waals surface area contributed by atoms with Crippen LogP contribution in [0.2, 0.25) is 5.02 Å². The first kappa shape index (κ1) is 33.3. The van der Waals surface area contributed by atoms with Gasteiger partial charge in [-0.15, -0.1) is 0 Å². The fourth-order valence-corrected chi connectivity index (χ4v) is 7.98. The minimum absolute atomic E-state index is 0.0674. The van der Waals surface area contributed by atoms with Crippen LogP contribution in [0.5, 0.6) is 0 Å². The van der Waals surface area contributed by atoms with Gasteiger partial charge in [-0.2, -0.15) is 0 Å². The molecule has 9 nitrogen and oxygen atoms in total. The molecule has 1 atom stereocenters. The number of fused-ring (bicyclic) bond motifs is 1. The number of aryl methyl sites for hydroxylation is 1. The van der Waals surface area contributed by atoms with Crippen LogP contribution in [-0.2, 0) is 25.4 Å². The molecule has 0 aromatic heterocycles. The molecule has 2 aromatic carbocycles. The third-order valence-electron chi connectivity index (χ3n) is 10.0. The second-order valence-corrected chi connectivity index (χ2v) is 13.0. The molecule has 47 heavy (non-hydrogen) atoms. The van der Waals surface area contributed by atoms with Gasteiger partial charge in [0.25, 0.3) is 5.91 Å². The van der Waals surface area contributed by atoms with E-state index in [1.54, 1.807) is 13.2 Å². The van der Waals surface area contributed by atoms with E-state index in [4.69, 9.17) is 25.8 Å². The molecular weight excluding hydrogens is 616 g/mol. The molecular formula is C37H45ClN4O5. The van der Waals surface area contributed by atoms with Crippen LogP contribution in [0.3, 0.4) is 0 Å². The van der Waals surface area contributed by atoms with Gasteiger partial charge >= 0.3 is 0 Å². The van der Waals surface area contributed by atoms with Crippen molar-refractivity contribution < 1.29 is 23.8 Å². The SMILES string of the molecule is CCN(c1cc(-c2ccc3c(c2)CCC3N2CCOCC2)c(Cl)c(C(=O)NCC2=C(OC)C=C(C)NC2=C=O)c1C)C1CCOCC1. The van der Waals surface area contributed by atoms with Gasteiger partial charge in [-0.25, -0.2) is 4.79 Å². The highest BCUT2D eigenvalue weighted by atomic mass is 35.5. The van der Waals surface area contributed by atoms with Crippen molar-refractivity contribution >= 4 is 29.1 Å². The first-order valence-electron chi connectivity index (χ1n) is 16.7. The predicted molar refractivity (Wildman–Crippen MR) is 184 cm³/mol. The van der Waals surface area contributed by atoms with Crippen LogP contribution in [0, 0.1) is 6.92 Å². The van der Waals surface area contributed by atoms with Gasteiger partial charge in [0.05, 0.1) is 30.9 Å². The van der Waals surface area contributed by atoms with E-state index in [-0.39, 0.29) is 18.1 Å².